The molecule has 2 rings (SSSR count). The molecular formula is C10H14P2S. The van der Waals surface area contributed by atoms with E-state index in [0.29, 0.717) is 0 Å². The summed E-state index contributed by atoms with van der Waals surface area (Å²) in [6, 6.07) is 6.58. The lowest BCUT2D eigenvalue weighted by Gasteiger charge is -2.05. The van der Waals surface area contributed by atoms with Gasteiger partial charge in [-0.25, -0.2) is 0 Å². The van der Waals surface area contributed by atoms with Crippen molar-refractivity contribution in [2.24, 2.45) is 0 Å². The van der Waals surface area contributed by atoms with Crippen LogP contribution in [0.5, 0.6) is 0 Å². The van der Waals surface area contributed by atoms with Crippen LogP contribution in [0.1, 0.15) is 18.4 Å². The smallest absolute Gasteiger partial charge is 0.0193 e. The molecule has 0 amide bonds. The Balaban J connectivity index is 2.03. The molecule has 1 aromatic rings. The Morgan fingerprint density at radius 2 is 2.08 bits per heavy atom. The maximum atomic E-state index is 2.81. The van der Waals surface area contributed by atoms with Gasteiger partial charge in [0.1, 0.15) is 0 Å². The van der Waals surface area contributed by atoms with Gasteiger partial charge in [0.15, 0.2) is 0 Å². The number of rotatable bonds is 3. The van der Waals surface area contributed by atoms with Gasteiger partial charge >= 0.3 is 0 Å². The zero-order valence-electron chi connectivity index (χ0n) is 7.49. The van der Waals surface area contributed by atoms with Crippen molar-refractivity contribution in [3.05, 3.63) is 23.8 Å². The van der Waals surface area contributed by atoms with Gasteiger partial charge in [-0.1, -0.05) is 18.2 Å². The highest BCUT2D eigenvalue weighted by Crippen LogP contribution is 2.35. The molecule has 3 heteroatoms. The molecule has 0 heterocycles. The summed E-state index contributed by atoms with van der Waals surface area (Å²) in [5, 5.41) is 3.59. The van der Waals surface area contributed by atoms with Crippen LogP contribution in [0.25, 0.3) is 0 Å². The highest BCUT2D eigenvalue weighted by Gasteiger charge is 2.21. The molecule has 0 aromatic heterocycles. The largest absolute Gasteiger partial charge is 0.154 e. The fourth-order valence-corrected chi connectivity index (χ4v) is 3.05. The Labute approximate surface area is 88.7 Å². The van der Waals surface area contributed by atoms with Gasteiger partial charge in [-0.05, 0) is 29.0 Å². The van der Waals surface area contributed by atoms with E-state index in [9.17, 15) is 0 Å². The lowest BCUT2D eigenvalue weighted by Crippen LogP contribution is -2.05. The highest BCUT2D eigenvalue weighted by atomic mass is 32.2. The third kappa shape index (κ3) is 2.94. The molecule has 2 unspecified atom stereocenters. The Hall–Kier alpha value is 0.430. The maximum absolute atomic E-state index is 2.81. The zero-order chi connectivity index (χ0) is 9.26. The number of benzene rings is 1. The summed E-state index contributed by atoms with van der Waals surface area (Å²) in [4.78, 5) is 0. The van der Waals surface area contributed by atoms with Crippen LogP contribution in [-0.4, -0.2) is 5.25 Å². The molecule has 0 saturated heterocycles. The molecule has 1 fully saturated rings. The summed E-state index contributed by atoms with van der Waals surface area (Å²) in [6.45, 7) is 0. The van der Waals surface area contributed by atoms with E-state index in [1.165, 1.54) is 34.8 Å². The van der Waals surface area contributed by atoms with Crippen LogP contribution in [0.4, 0.5) is 0 Å². The molecule has 2 atom stereocenters. The molecule has 0 aliphatic heterocycles. The molecule has 0 radical (unpaired) electrons. The first kappa shape index (κ1) is 9.97. The minimum Gasteiger partial charge on any atom is -0.154 e. The molecular weight excluding hydrogens is 214 g/mol. The molecule has 1 saturated carbocycles. The van der Waals surface area contributed by atoms with Crippen LogP contribution in [0, 0.1) is 0 Å². The Kier molecular flexibility index (Phi) is 3.30. The molecule has 70 valence electrons. The van der Waals surface area contributed by atoms with E-state index in [1.54, 1.807) is 0 Å². The van der Waals surface area contributed by atoms with Crippen LogP contribution in [0.2, 0.25) is 0 Å². The summed E-state index contributed by atoms with van der Waals surface area (Å²) in [5.41, 5.74) is 1.47. The predicted octanol–water partition coefficient (Wildman–Crippen LogP) is 2.08. The van der Waals surface area contributed by atoms with Crippen molar-refractivity contribution >= 4 is 40.9 Å². The summed E-state index contributed by atoms with van der Waals surface area (Å²) in [7, 11) is 5.57. The van der Waals surface area contributed by atoms with Crippen LogP contribution in [-0.2, 0) is 5.75 Å². The third-order valence-electron chi connectivity index (χ3n) is 2.17. The van der Waals surface area contributed by atoms with Crippen molar-refractivity contribution in [2.45, 2.75) is 23.8 Å². The van der Waals surface area contributed by atoms with E-state index < -0.39 is 0 Å². The monoisotopic (exact) mass is 228 g/mol. The van der Waals surface area contributed by atoms with E-state index in [-0.39, 0.29) is 0 Å². The Morgan fingerprint density at radius 1 is 1.31 bits per heavy atom. The molecule has 1 aliphatic carbocycles. The molecule has 13 heavy (non-hydrogen) atoms. The van der Waals surface area contributed by atoms with Crippen molar-refractivity contribution in [3.63, 3.8) is 0 Å². The summed E-state index contributed by atoms with van der Waals surface area (Å²) in [6.07, 6.45) is 2.86. The first-order valence-corrected chi connectivity index (χ1v) is 6.71. The summed E-state index contributed by atoms with van der Waals surface area (Å²) in [5.74, 6) is 1.17. The second-order valence-corrected chi connectivity index (χ2v) is 6.05. The van der Waals surface area contributed by atoms with Crippen molar-refractivity contribution in [2.75, 3.05) is 0 Å². The number of hydrogen-bond acceptors (Lipinski definition) is 1. The normalized spacial score (nSPS) is 16.2. The second kappa shape index (κ2) is 4.30. The van der Waals surface area contributed by atoms with E-state index in [2.05, 4.69) is 48.4 Å². The number of hydrogen-bond donors (Lipinski definition) is 0. The van der Waals surface area contributed by atoms with Gasteiger partial charge in [0.05, 0.1) is 0 Å². The third-order valence-corrected chi connectivity index (χ3v) is 4.51. The fraction of sp³-hybridized carbons (Fsp3) is 0.400. The standard InChI is InChI=1S/C10H14P2S/c11-8-1-4-10(12)7(5-8)6-13-9-2-3-9/h1,4-5,9H,2-3,6,11-12H2. The minimum atomic E-state index is 0.956. The predicted molar refractivity (Wildman–Crippen MR) is 69.4 cm³/mol. The van der Waals surface area contributed by atoms with Gasteiger partial charge in [0, 0.05) is 11.0 Å². The molecule has 0 spiro atoms. The zero-order valence-corrected chi connectivity index (χ0v) is 10.6. The molecule has 1 aliphatic rings. The van der Waals surface area contributed by atoms with Crippen molar-refractivity contribution < 1.29 is 0 Å². The second-order valence-electron chi connectivity index (χ2n) is 3.47. The molecule has 0 N–H and O–H groups in total. The SMILES string of the molecule is Pc1ccc(P)c(CSC2CC2)c1. The minimum absolute atomic E-state index is 0.956. The van der Waals surface area contributed by atoms with Gasteiger partial charge in [-0.3, -0.25) is 0 Å². The van der Waals surface area contributed by atoms with Crippen LogP contribution in [0.3, 0.4) is 0 Å². The van der Waals surface area contributed by atoms with Crippen molar-refractivity contribution in [1.29, 1.82) is 0 Å². The summed E-state index contributed by atoms with van der Waals surface area (Å²) < 4.78 is 0. The van der Waals surface area contributed by atoms with Crippen LogP contribution in [0.15, 0.2) is 18.2 Å². The van der Waals surface area contributed by atoms with Gasteiger partial charge < -0.3 is 0 Å². The van der Waals surface area contributed by atoms with Gasteiger partial charge in [-0.15, -0.1) is 18.5 Å². The lowest BCUT2D eigenvalue weighted by molar-refractivity contribution is 1.42. The van der Waals surface area contributed by atoms with Crippen molar-refractivity contribution in [1.82, 2.24) is 0 Å². The quantitative estimate of drug-likeness (QED) is 0.714. The molecule has 0 nitrogen and oxygen atoms in total. The van der Waals surface area contributed by atoms with Crippen LogP contribution < -0.4 is 10.6 Å². The fourth-order valence-electron chi connectivity index (χ4n) is 1.19. The first-order valence-electron chi connectivity index (χ1n) is 4.51. The Bertz CT molecular complexity index is 308. The average Bonchev–Trinajstić information content (AvgIpc) is 2.90. The highest BCUT2D eigenvalue weighted by molar-refractivity contribution is 7.99. The number of thioether (sulfide) groups is 1. The maximum Gasteiger partial charge on any atom is 0.0193 e. The lowest BCUT2D eigenvalue weighted by atomic mass is 10.2. The summed E-state index contributed by atoms with van der Waals surface area (Å²) >= 11 is 2.10. The molecule has 1 aromatic carbocycles. The Morgan fingerprint density at radius 3 is 2.77 bits per heavy atom. The van der Waals surface area contributed by atoms with Gasteiger partial charge in [0.2, 0.25) is 0 Å². The van der Waals surface area contributed by atoms with Crippen molar-refractivity contribution in [3.8, 4) is 0 Å². The topological polar surface area (TPSA) is 0 Å². The van der Waals surface area contributed by atoms with Gasteiger partial charge in [-0.2, -0.15) is 11.8 Å². The van der Waals surface area contributed by atoms with Gasteiger partial charge in [0.25, 0.3) is 0 Å². The molecule has 0 bridgehead atoms. The first-order chi connectivity index (χ1) is 6.25. The van der Waals surface area contributed by atoms with E-state index in [0.717, 1.165) is 5.25 Å². The average molecular weight is 228 g/mol. The van der Waals surface area contributed by atoms with Crippen LogP contribution >= 0.6 is 30.2 Å². The van der Waals surface area contributed by atoms with E-state index >= 15 is 0 Å². The van der Waals surface area contributed by atoms with E-state index in [1.807, 2.05) is 0 Å². The van der Waals surface area contributed by atoms with E-state index in [4.69, 9.17) is 0 Å².